The lowest BCUT2D eigenvalue weighted by atomic mass is 9.99. The van der Waals surface area contributed by atoms with Gasteiger partial charge >= 0.3 is 0 Å². The number of hydrogen-bond acceptors (Lipinski definition) is 8. The molecule has 1 aliphatic rings. The summed E-state index contributed by atoms with van der Waals surface area (Å²) in [5, 5.41) is 54.6. The van der Waals surface area contributed by atoms with Gasteiger partial charge in [-0.15, -0.1) is 0 Å². The van der Waals surface area contributed by atoms with Crippen LogP contribution in [0.15, 0.2) is 0 Å². The Labute approximate surface area is 414 Å². The van der Waals surface area contributed by atoms with Gasteiger partial charge in [-0.05, 0) is 12.8 Å². The number of aliphatic hydroxyl groups excluding tert-OH is 5. The molecular weight excluding hydrogens is 839 g/mol. The number of carbonyl (C=O) groups is 1. The standard InChI is InChI=1S/C58H115NO8/c1-3-5-7-9-11-13-15-17-19-20-21-22-23-24-25-26-27-28-29-30-31-32-34-36-38-40-42-44-46-48-54(62)59-51(50-66-58-57(65)56(64)55(63)53(49-60)67-58)52(61)47-45-43-41-39-37-35-33-18-16-14-12-10-8-6-4-2/h51-53,55-58,60-61,63-65H,3-50H2,1-2H3,(H,59,62)/t51-,52+,53+,55-,56?,57?,58+/m0/s1. The molecule has 400 valence electrons. The molecule has 0 radical (unpaired) electrons. The first-order valence-electron chi connectivity index (χ1n) is 29.7. The normalized spacial score (nSPS) is 19.5. The minimum Gasteiger partial charge on any atom is -0.394 e. The van der Waals surface area contributed by atoms with Gasteiger partial charge in [-0.1, -0.05) is 290 Å². The van der Waals surface area contributed by atoms with Crippen LogP contribution in [-0.4, -0.2) is 87.5 Å². The summed E-state index contributed by atoms with van der Waals surface area (Å²) in [6.45, 7) is 3.88. The number of amides is 1. The fraction of sp³-hybridized carbons (Fsp3) is 0.983. The van der Waals surface area contributed by atoms with E-state index in [4.69, 9.17) is 9.47 Å². The van der Waals surface area contributed by atoms with Crippen LogP contribution in [0.3, 0.4) is 0 Å². The Hall–Kier alpha value is -0.810. The highest BCUT2D eigenvalue weighted by Gasteiger charge is 2.44. The molecule has 0 aromatic rings. The summed E-state index contributed by atoms with van der Waals surface area (Å²) < 4.78 is 11.3. The molecule has 0 bridgehead atoms. The Morgan fingerprint density at radius 1 is 0.448 bits per heavy atom. The van der Waals surface area contributed by atoms with Crippen molar-refractivity contribution in [3.05, 3.63) is 0 Å². The molecule has 9 heteroatoms. The maximum Gasteiger partial charge on any atom is 0.220 e. The summed E-state index contributed by atoms with van der Waals surface area (Å²) in [7, 11) is 0. The second kappa shape index (κ2) is 48.8. The zero-order valence-electron chi connectivity index (χ0n) is 44.4. The van der Waals surface area contributed by atoms with Gasteiger partial charge in [0.1, 0.15) is 24.4 Å². The largest absolute Gasteiger partial charge is 0.394 e. The van der Waals surface area contributed by atoms with E-state index in [9.17, 15) is 30.3 Å². The molecule has 7 atom stereocenters. The Morgan fingerprint density at radius 2 is 0.746 bits per heavy atom. The van der Waals surface area contributed by atoms with Crippen LogP contribution in [0.25, 0.3) is 0 Å². The van der Waals surface area contributed by atoms with Gasteiger partial charge in [-0.3, -0.25) is 4.79 Å². The van der Waals surface area contributed by atoms with Crippen molar-refractivity contribution in [2.75, 3.05) is 13.2 Å². The zero-order chi connectivity index (χ0) is 48.7. The molecule has 9 nitrogen and oxygen atoms in total. The van der Waals surface area contributed by atoms with E-state index in [-0.39, 0.29) is 12.5 Å². The predicted octanol–water partition coefficient (Wildman–Crippen LogP) is 14.6. The molecule has 1 saturated heterocycles. The SMILES string of the molecule is CCCCCCCCCCCCCCCCCCCCCCCCCCCCCCCC(=O)N[C@@H](CO[C@@H]1O[C@H](CO)[C@H](O)C(O)C1O)[C@H](O)CCCCCCCCCCCCCCCCC. The van der Waals surface area contributed by atoms with E-state index in [2.05, 4.69) is 19.2 Å². The van der Waals surface area contributed by atoms with Crippen LogP contribution >= 0.6 is 0 Å². The minimum atomic E-state index is -1.55. The third-order valence-electron chi connectivity index (χ3n) is 14.7. The maximum atomic E-state index is 13.1. The summed E-state index contributed by atoms with van der Waals surface area (Å²) in [5.41, 5.74) is 0. The van der Waals surface area contributed by atoms with Crippen molar-refractivity contribution < 1.29 is 39.8 Å². The zero-order valence-corrected chi connectivity index (χ0v) is 44.4. The minimum absolute atomic E-state index is 0.131. The first-order valence-corrected chi connectivity index (χ1v) is 29.7. The quantitative estimate of drug-likeness (QED) is 0.0330. The molecule has 1 aliphatic heterocycles. The molecule has 0 aromatic carbocycles. The van der Waals surface area contributed by atoms with Gasteiger partial charge in [-0.25, -0.2) is 0 Å². The van der Waals surface area contributed by atoms with Crippen LogP contribution in [0.1, 0.15) is 309 Å². The third-order valence-corrected chi connectivity index (χ3v) is 14.7. The Morgan fingerprint density at radius 3 is 1.06 bits per heavy atom. The maximum absolute atomic E-state index is 13.1. The first kappa shape index (κ1) is 64.2. The van der Waals surface area contributed by atoms with Crippen molar-refractivity contribution in [1.82, 2.24) is 5.32 Å². The number of carbonyl (C=O) groups excluding carboxylic acids is 1. The predicted molar refractivity (Wildman–Crippen MR) is 281 cm³/mol. The smallest absolute Gasteiger partial charge is 0.220 e. The van der Waals surface area contributed by atoms with Gasteiger partial charge in [0, 0.05) is 6.42 Å². The highest BCUT2D eigenvalue weighted by Crippen LogP contribution is 2.23. The van der Waals surface area contributed by atoms with Gasteiger partial charge in [0.2, 0.25) is 5.91 Å². The number of ether oxygens (including phenoxy) is 2. The van der Waals surface area contributed by atoms with Crippen molar-refractivity contribution in [3.63, 3.8) is 0 Å². The molecule has 1 rings (SSSR count). The van der Waals surface area contributed by atoms with Crippen molar-refractivity contribution in [1.29, 1.82) is 0 Å². The van der Waals surface area contributed by atoms with Crippen molar-refractivity contribution >= 4 is 5.91 Å². The molecule has 0 saturated carbocycles. The fourth-order valence-electron chi connectivity index (χ4n) is 9.99. The molecule has 1 amide bonds. The third kappa shape index (κ3) is 38.5. The molecule has 2 unspecified atom stereocenters. The molecular formula is C58H115NO8. The first-order chi connectivity index (χ1) is 32.8. The summed E-state index contributed by atoms with van der Waals surface area (Å²) >= 11 is 0. The van der Waals surface area contributed by atoms with Gasteiger partial charge in [0.05, 0.1) is 25.4 Å². The van der Waals surface area contributed by atoms with Gasteiger partial charge in [-0.2, -0.15) is 0 Å². The molecule has 0 spiro atoms. The number of unbranched alkanes of at least 4 members (excludes halogenated alkanes) is 42. The number of nitrogens with one attached hydrogen (secondary N) is 1. The summed E-state index contributed by atoms with van der Waals surface area (Å²) in [6.07, 6.45) is 51.5. The average molecular weight is 955 g/mol. The molecule has 1 fully saturated rings. The number of rotatable bonds is 52. The van der Waals surface area contributed by atoms with E-state index in [1.165, 1.54) is 244 Å². The highest BCUT2D eigenvalue weighted by molar-refractivity contribution is 5.76. The number of aliphatic hydroxyl groups is 5. The fourth-order valence-corrected chi connectivity index (χ4v) is 9.99. The monoisotopic (exact) mass is 954 g/mol. The second-order valence-electron chi connectivity index (χ2n) is 21.2. The molecule has 6 N–H and O–H groups in total. The lowest BCUT2D eigenvalue weighted by Gasteiger charge is -2.40. The second-order valence-corrected chi connectivity index (χ2v) is 21.2. The topological polar surface area (TPSA) is 149 Å². The lowest BCUT2D eigenvalue weighted by molar-refractivity contribution is -0.302. The Balaban J connectivity index is 2.12. The Kier molecular flexibility index (Phi) is 46.8. The van der Waals surface area contributed by atoms with E-state index >= 15 is 0 Å². The van der Waals surface area contributed by atoms with Crippen LogP contribution < -0.4 is 5.32 Å². The van der Waals surface area contributed by atoms with E-state index < -0.39 is 49.5 Å². The van der Waals surface area contributed by atoms with Gasteiger partial charge in [0.25, 0.3) is 0 Å². The van der Waals surface area contributed by atoms with E-state index in [0.29, 0.717) is 12.8 Å². The van der Waals surface area contributed by atoms with Crippen molar-refractivity contribution in [2.45, 2.75) is 352 Å². The van der Waals surface area contributed by atoms with E-state index in [1.54, 1.807) is 0 Å². The van der Waals surface area contributed by atoms with Gasteiger partial charge in [0.15, 0.2) is 6.29 Å². The summed E-state index contributed by atoms with van der Waals surface area (Å²) in [4.78, 5) is 13.1. The average Bonchev–Trinajstić information content (AvgIpc) is 3.33. The van der Waals surface area contributed by atoms with Crippen molar-refractivity contribution in [3.8, 4) is 0 Å². The van der Waals surface area contributed by atoms with Crippen molar-refractivity contribution in [2.24, 2.45) is 0 Å². The molecule has 0 aromatic heterocycles. The molecule has 67 heavy (non-hydrogen) atoms. The molecule has 1 heterocycles. The van der Waals surface area contributed by atoms with Crippen LogP contribution in [0.2, 0.25) is 0 Å². The number of hydrogen-bond donors (Lipinski definition) is 6. The summed E-state index contributed by atoms with van der Waals surface area (Å²) in [5.74, 6) is -0.136. The highest BCUT2D eigenvalue weighted by atomic mass is 16.7. The van der Waals surface area contributed by atoms with Crippen LogP contribution in [-0.2, 0) is 14.3 Å². The summed E-state index contributed by atoms with van der Waals surface area (Å²) in [6, 6.07) is -0.713. The Bertz CT molecular complexity index is 1020. The van der Waals surface area contributed by atoms with E-state index in [0.717, 1.165) is 38.5 Å². The van der Waals surface area contributed by atoms with Crippen LogP contribution in [0.5, 0.6) is 0 Å². The molecule has 0 aliphatic carbocycles. The van der Waals surface area contributed by atoms with Gasteiger partial charge < -0.3 is 40.3 Å². The van der Waals surface area contributed by atoms with E-state index in [1.807, 2.05) is 0 Å². The van der Waals surface area contributed by atoms with Crippen LogP contribution in [0.4, 0.5) is 0 Å². The van der Waals surface area contributed by atoms with Crippen LogP contribution in [0, 0.1) is 0 Å². The lowest BCUT2D eigenvalue weighted by Crippen LogP contribution is -2.60.